The summed E-state index contributed by atoms with van der Waals surface area (Å²) >= 11 is 0. The minimum Gasteiger partial charge on any atom is -0.481 e. The first kappa shape index (κ1) is 17.2. The Hall–Kier alpha value is -2.92. The fraction of sp³-hybridized carbons (Fsp3) is 0.304. The quantitative estimate of drug-likeness (QED) is 0.830. The Morgan fingerprint density at radius 1 is 1.25 bits per heavy atom. The predicted octanol–water partition coefficient (Wildman–Crippen LogP) is 3.55. The molecule has 142 valence electrons. The Morgan fingerprint density at radius 2 is 2.00 bits per heavy atom. The molecule has 1 N–H and O–H groups in total. The topological polar surface area (TPSA) is 66.8 Å². The summed E-state index contributed by atoms with van der Waals surface area (Å²) in [6, 6.07) is 13.4. The van der Waals surface area contributed by atoms with Crippen LogP contribution in [0.15, 0.2) is 66.8 Å². The number of nitrogens with zero attached hydrogens (tertiary/aromatic N) is 1. The average Bonchev–Trinajstić information content (AvgIpc) is 3.30. The maximum Gasteiger partial charge on any atom is 0.310 e. The van der Waals surface area contributed by atoms with Crippen LogP contribution in [0.4, 0.5) is 5.69 Å². The number of carboxylic acids is 1. The number of fused-ring (bicyclic) bond motifs is 2. The molecule has 0 radical (unpaired) electrons. The van der Waals surface area contributed by atoms with Crippen molar-refractivity contribution in [1.29, 1.82) is 0 Å². The number of anilines is 1. The van der Waals surface area contributed by atoms with Gasteiger partial charge in [-0.1, -0.05) is 54.1 Å². The number of amides is 1. The number of benzene rings is 2. The van der Waals surface area contributed by atoms with Crippen molar-refractivity contribution >= 4 is 28.3 Å². The van der Waals surface area contributed by atoms with Gasteiger partial charge in [-0.05, 0) is 24.8 Å². The van der Waals surface area contributed by atoms with Crippen LogP contribution in [0.5, 0.6) is 0 Å². The molecule has 1 amide bonds. The summed E-state index contributed by atoms with van der Waals surface area (Å²) in [6.07, 6.45) is 3.72. The second kappa shape index (κ2) is 5.79. The summed E-state index contributed by atoms with van der Waals surface area (Å²) in [5.41, 5.74) is 0.806. The molecule has 28 heavy (non-hydrogen) atoms. The fourth-order valence-corrected chi connectivity index (χ4v) is 5.22. The van der Waals surface area contributed by atoms with Gasteiger partial charge in [-0.15, -0.1) is 6.58 Å². The van der Waals surface area contributed by atoms with Crippen molar-refractivity contribution in [2.24, 2.45) is 11.8 Å². The van der Waals surface area contributed by atoms with Crippen LogP contribution in [0.2, 0.25) is 0 Å². The molecule has 5 heteroatoms. The molecule has 5 atom stereocenters. The van der Waals surface area contributed by atoms with E-state index >= 15 is 0 Å². The number of hydrogen-bond acceptors (Lipinski definition) is 3. The number of ether oxygens (including phenoxy) is 1. The number of aliphatic carboxylic acids is 1. The first-order valence-corrected chi connectivity index (χ1v) is 9.49. The van der Waals surface area contributed by atoms with Gasteiger partial charge < -0.3 is 14.7 Å². The van der Waals surface area contributed by atoms with Gasteiger partial charge in [-0.3, -0.25) is 9.59 Å². The molecule has 5 rings (SSSR count). The maximum absolute atomic E-state index is 13.6. The summed E-state index contributed by atoms with van der Waals surface area (Å²) in [7, 11) is 0. The van der Waals surface area contributed by atoms with E-state index in [0.29, 0.717) is 6.42 Å². The van der Waals surface area contributed by atoms with Crippen LogP contribution in [0.1, 0.15) is 13.3 Å². The summed E-state index contributed by atoms with van der Waals surface area (Å²) in [5.74, 6) is -2.74. The van der Waals surface area contributed by atoms with Gasteiger partial charge in [0.1, 0.15) is 11.5 Å². The first-order valence-electron chi connectivity index (χ1n) is 9.49. The summed E-state index contributed by atoms with van der Waals surface area (Å²) in [6.45, 7) is 5.97. The summed E-state index contributed by atoms with van der Waals surface area (Å²) in [5, 5.41) is 11.8. The fourth-order valence-electron chi connectivity index (χ4n) is 5.22. The zero-order valence-corrected chi connectivity index (χ0v) is 15.5. The van der Waals surface area contributed by atoms with Crippen molar-refractivity contribution in [1.82, 2.24) is 0 Å². The largest absolute Gasteiger partial charge is 0.481 e. The van der Waals surface area contributed by atoms with Crippen molar-refractivity contribution in [3.63, 3.8) is 0 Å². The molecule has 2 aromatic carbocycles. The molecule has 5 nitrogen and oxygen atoms in total. The summed E-state index contributed by atoms with van der Waals surface area (Å²) < 4.78 is 6.21. The van der Waals surface area contributed by atoms with Crippen LogP contribution in [-0.2, 0) is 14.3 Å². The highest BCUT2D eigenvalue weighted by Gasteiger charge is 2.71. The second-order valence-corrected chi connectivity index (χ2v) is 8.02. The highest BCUT2D eigenvalue weighted by atomic mass is 16.5. The molecule has 3 aliphatic heterocycles. The van der Waals surface area contributed by atoms with Crippen molar-refractivity contribution in [3.8, 4) is 0 Å². The molecule has 2 bridgehead atoms. The van der Waals surface area contributed by atoms with E-state index in [4.69, 9.17) is 4.74 Å². The second-order valence-electron chi connectivity index (χ2n) is 8.02. The standard InChI is InChI=1S/C23H21NO4/c1-13(2)12-18-23-11-10-17(28-23)19(22(26)27)20(23)21(25)24(18)16-9-5-7-14-6-3-4-8-15(14)16/h3-11,17-20H,1,12H2,2H3,(H,26,27)/t17-,18+,19+,20-,23+/m0/s1. The van der Waals surface area contributed by atoms with Crippen LogP contribution in [0.25, 0.3) is 10.8 Å². The van der Waals surface area contributed by atoms with Gasteiger partial charge in [0.25, 0.3) is 0 Å². The average molecular weight is 375 g/mol. The van der Waals surface area contributed by atoms with Gasteiger partial charge >= 0.3 is 5.97 Å². The van der Waals surface area contributed by atoms with E-state index in [1.54, 1.807) is 11.0 Å². The molecule has 2 aromatic rings. The third-order valence-electron chi connectivity index (χ3n) is 6.27. The Balaban J connectivity index is 1.71. The molecule has 1 spiro atoms. The number of carbonyl (C=O) groups excluding carboxylic acids is 1. The molecule has 3 aliphatic rings. The zero-order valence-electron chi connectivity index (χ0n) is 15.5. The van der Waals surface area contributed by atoms with Gasteiger partial charge in [0.05, 0.1) is 23.8 Å². The lowest BCUT2D eigenvalue weighted by atomic mass is 9.74. The molecular weight excluding hydrogens is 354 g/mol. The predicted molar refractivity (Wildman–Crippen MR) is 106 cm³/mol. The van der Waals surface area contributed by atoms with Gasteiger partial charge in [-0.2, -0.15) is 0 Å². The molecular formula is C23H21NO4. The number of carboxylic acid groups (broad SMARTS) is 1. The minimum absolute atomic E-state index is 0.179. The lowest BCUT2D eigenvalue weighted by Gasteiger charge is -2.34. The van der Waals surface area contributed by atoms with Crippen LogP contribution < -0.4 is 4.90 Å². The van der Waals surface area contributed by atoms with E-state index in [1.807, 2.05) is 55.5 Å². The van der Waals surface area contributed by atoms with E-state index in [1.165, 1.54) is 0 Å². The van der Waals surface area contributed by atoms with Gasteiger partial charge in [0, 0.05) is 5.39 Å². The number of rotatable bonds is 4. The van der Waals surface area contributed by atoms with Gasteiger partial charge in [0.2, 0.25) is 5.91 Å². The molecule has 3 heterocycles. The Morgan fingerprint density at radius 3 is 2.75 bits per heavy atom. The zero-order chi connectivity index (χ0) is 19.6. The van der Waals surface area contributed by atoms with Crippen molar-refractivity contribution < 1.29 is 19.4 Å². The van der Waals surface area contributed by atoms with E-state index in [0.717, 1.165) is 22.0 Å². The van der Waals surface area contributed by atoms with Crippen LogP contribution in [0, 0.1) is 11.8 Å². The van der Waals surface area contributed by atoms with E-state index in [9.17, 15) is 14.7 Å². The van der Waals surface area contributed by atoms with Crippen molar-refractivity contribution in [2.75, 3.05) is 4.90 Å². The number of hydrogen-bond donors (Lipinski definition) is 1. The molecule has 0 aliphatic carbocycles. The number of carbonyl (C=O) groups is 2. The monoisotopic (exact) mass is 375 g/mol. The molecule has 2 fully saturated rings. The minimum atomic E-state index is -0.983. The van der Waals surface area contributed by atoms with E-state index in [-0.39, 0.29) is 11.9 Å². The van der Waals surface area contributed by atoms with Gasteiger partial charge in [0.15, 0.2) is 0 Å². The third kappa shape index (κ3) is 2.11. The smallest absolute Gasteiger partial charge is 0.310 e. The Bertz CT molecular complexity index is 1050. The molecule has 2 saturated heterocycles. The van der Waals surface area contributed by atoms with Gasteiger partial charge in [-0.25, -0.2) is 0 Å². The van der Waals surface area contributed by atoms with Crippen molar-refractivity contribution in [2.45, 2.75) is 31.1 Å². The molecule has 0 aromatic heterocycles. The maximum atomic E-state index is 13.6. The molecule has 0 unspecified atom stereocenters. The Kier molecular flexibility index (Phi) is 3.55. The third-order valence-corrected chi connectivity index (χ3v) is 6.27. The first-order chi connectivity index (χ1) is 13.4. The molecule has 0 saturated carbocycles. The van der Waals surface area contributed by atoms with E-state index < -0.39 is 29.5 Å². The highest BCUT2D eigenvalue weighted by Crippen LogP contribution is 2.57. The van der Waals surface area contributed by atoms with Crippen LogP contribution in [0.3, 0.4) is 0 Å². The van der Waals surface area contributed by atoms with Crippen LogP contribution >= 0.6 is 0 Å². The normalized spacial score (nSPS) is 32.9. The summed E-state index contributed by atoms with van der Waals surface area (Å²) in [4.78, 5) is 27.4. The highest BCUT2D eigenvalue weighted by molar-refractivity contribution is 6.09. The SMILES string of the molecule is C=C(C)C[C@H]1N(c2cccc3ccccc23)C(=O)[C@@H]2[C@H](C(=O)O)[C@@H]3C=C[C@]21O3. The Labute approximate surface area is 162 Å². The lowest BCUT2D eigenvalue weighted by molar-refractivity contribution is -0.146. The van der Waals surface area contributed by atoms with Crippen LogP contribution in [-0.4, -0.2) is 34.7 Å². The van der Waals surface area contributed by atoms with E-state index in [2.05, 4.69) is 6.58 Å². The lowest BCUT2D eigenvalue weighted by Crippen LogP contribution is -2.45. The van der Waals surface area contributed by atoms with Crippen molar-refractivity contribution in [3.05, 3.63) is 66.8 Å².